The SMILES string of the molecule is CCNC(=NCCS(=O)(=O)c1ccccc1)NC(C)COC.I. The second-order valence-electron chi connectivity index (χ2n) is 4.89. The topological polar surface area (TPSA) is 79.8 Å². The highest BCUT2D eigenvalue weighted by Gasteiger charge is 2.13. The fourth-order valence-corrected chi connectivity index (χ4v) is 3.01. The van der Waals surface area contributed by atoms with E-state index in [4.69, 9.17) is 4.74 Å². The van der Waals surface area contributed by atoms with Gasteiger partial charge in [0.15, 0.2) is 15.8 Å². The molecule has 0 aromatic heterocycles. The molecule has 1 aromatic carbocycles. The third kappa shape index (κ3) is 8.52. The molecule has 0 aliphatic heterocycles. The van der Waals surface area contributed by atoms with Crippen LogP contribution in [0.25, 0.3) is 0 Å². The summed E-state index contributed by atoms with van der Waals surface area (Å²) in [7, 11) is -1.66. The van der Waals surface area contributed by atoms with Crippen molar-refractivity contribution in [3.8, 4) is 0 Å². The van der Waals surface area contributed by atoms with Crippen molar-refractivity contribution in [1.29, 1.82) is 0 Å². The third-order valence-electron chi connectivity index (χ3n) is 2.88. The Kier molecular flexibility index (Phi) is 11.2. The lowest BCUT2D eigenvalue weighted by molar-refractivity contribution is 0.179. The first-order valence-electron chi connectivity index (χ1n) is 7.31. The number of hydrogen-bond donors (Lipinski definition) is 2. The second kappa shape index (κ2) is 11.6. The van der Waals surface area contributed by atoms with Gasteiger partial charge in [-0.2, -0.15) is 0 Å². The molecule has 0 saturated heterocycles. The summed E-state index contributed by atoms with van der Waals surface area (Å²) in [4.78, 5) is 4.64. The number of hydrogen-bond acceptors (Lipinski definition) is 4. The highest BCUT2D eigenvalue weighted by Crippen LogP contribution is 2.09. The average molecular weight is 455 g/mol. The molecule has 2 N–H and O–H groups in total. The van der Waals surface area contributed by atoms with E-state index in [1.165, 1.54) is 0 Å². The highest BCUT2D eigenvalue weighted by molar-refractivity contribution is 14.0. The molecule has 8 heteroatoms. The lowest BCUT2D eigenvalue weighted by atomic mass is 10.4. The van der Waals surface area contributed by atoms with Gasteiger partial charge in [-0.15, -0.1) is 24.0 Å². The molecular weight excluding hydrogens is 429 g/mol. The van der Waals surface area contributed by atoms with Gasteiger partial charge in [0.05, 0.1) is 23.8 Å². The quantitative estimate of drug-likeness (QED) is 0.354. The fourth-order valence-electron chi connectivity index (χ4n) is 1.87. The Bertz CT molecular complexity index is 565. The van der Waals surface area contributed by atoms with Crippen molar-refractivity contribution < 1.29 is 13.2 Å². The van der Waals surface area contributed by atoms with Crippen molar-refractivity contribution in [3.05, 3.63) is 30.3 Å². The van der Waals surface area contributed by atoms with Gasteiger partial charge in [0, 0.05) is 19.7 Å². The van der Waals surface area contributed by atoms with Crippen LogP contribution in [0.15, 0.2) is 40.2 Å². The summed E-state index contributed by atoms with van der Waals surface area (Å²) < 4.78 is 29.4. The number of benzene rings is 1. The van der Waals surface area contributed by atoms with Crippen LogP contribution in [0.2, 0.25) is 0 Å². The lowest BCUT2D eigenvalue weighted by Gasteiger charge is -2.16. The van der Waals surface area contributed by atoms with E-state index in [1.54, 1.807) is 37.4 Å². The summed E-state index contributed by atoms with van der Waals surface area (Å²) >= 11 is 0. The van der Waals surface area contributed by atoms with Crippen molar-refractivity contribution in [2.24, 2.45) is 4.99 Å². The van der Waals surface area contributed by atoms with Crippen LogP contribution in [0.5, 0.6) is 0 Å². The molecule has 0 aliphatic carbocycles. The van der Waals surface area contributed by atoms with E-state index in [9.17, 15) is 8.42 Å². The fraction of sp³-hybridized carbons (Fsp3) is 0.533. The number of aliphatic imine (C=N–C) groups is 1. The van der Waals surface area contributed by atoms with E-state index in [-0.39, 0.29) is 42.3 Å². The van der Waals surface area contributed by atoms with Crippen LogP contribution in [-0.2, 0) is 14.6 Å². The lowest BCUT2D eigenvalue weighted by Crippen LogP contribution is -2.44. The molecule has 0 radical (unpaired) electrons. The molecule has 0 fully saturated rings. The molecule has 0 heterocycles. The summed E-state index contributed by atoms with van der Waals surface area (Å²) in [5.41, 5.74) is 0. The second-order valence-corrected chi connectivity index (χ2v) is 7.00. The van der Waals surface area contributed by atoms with Gasteiger partial charge in [-0.05, 0) is 26.0 Å². The van der Waals surface area contributed by atoms with Crippen molar-refractivity contribution >= 4 is 39.8 Å². The van der Waals surface area contributed by atoms with E-state index in [1.807, 2.05) is 13.8 Å². The Labute approximate surface area is 156 Å². The molecule has 0 spiro atoms. The number of halogens is 1. The van der Waals surface area contributed by atoms with E-state index < -0.39 is 9.84 Å². The number of methoxy groups -OCH3 is 1. The monoisotopic (exact) mass is 455 g/mol. The Morgan fingerprint density at radius 2 is 1.96 bits per heavy atom. The first-order valence-corrected chi connectivity index (χ1v) is 8.96. The maximum Gasteiger partial charge on any atom is 0.191 e. The normalized spacial score (nSPS) is 13.1. The van der Waals surface area contributed by atoms with E-state index >= 15 is 0 Å². The first kappa shape index (κ1) is 22.1. The summed E-state index contributed by atoms with van der Waals surface area (Å²) in [6.45, 7) is 5.38. The third-order valence-corrected chi connectivity index (χ3v) is 4.59. The Morgan fingerprint density at radius 1 is 1.30 bits per heavy atom. The van der Waals surface area contributed by atoms with Crippen LogP contribution in [0.4, 0.5) is 0 Å². The molecule has 1 aromatic rings. The molecular formula is C15H26IN3O3S. The van der Waals surface area contributed by atoms with Crippen molar-refractivity contribution in [1.82, 2.24) is 10.6 Å². The van der Waals surface area contributed by atoms with Crippen LogP contribution in [-0.4, -0.2) is 53.0 Å². The summed E-state index contributed by atoms with van der Waals surface area (Å²) in [6.07, 6.45) is 0. The Morgan fingerprint density at radius 3 is 2.52 bits per heavy atom. The molecule has 0 bridgehead atoms. The molecule has 23 heavy (non-hydrogen) atoms. The van der Waals surface area contributed by atoms with Crippen molar-refractivity contribution in [3.63, 3.8) is 0 Å². The number of guanidine groups is 1. The molecule has 0 aliphatic rings. The van der Waals surface area contributed by atoms with Gasteiger partial charge in [0.1, 0.15) is 0 Å². The molecule has 132 valence electrons. The summed E-state index contributed by atoms with van der Waals surface area (Å²) in [6, 6.07) is 8.52. The predicted octanol–water partition coefficient (Wildman–Crippen LogP) is 1.67. The Balaban J connectivity index is 0.00000484. The first-order chi connectivity index (χ1) is 10.5. The minimum Gasteiger partial charge on any atom is -0.383 e. The molecule has 6 nitrogen and oxygen atoms in total. The van der Waals surface area contributed by atoms with Crippen molar-refractivity contribution in [2.75, 3.05) is 32.6 Å². The molecule has 1 atom stereocenters. The average Bonchev–Trinajstić information content (AvgIpc) is 2.48. The van der Waals surface area contributed by atoms with Gasteiger partial charge in [-0.3, -0.25) is 4.99 Å². The van der Waals surface area contributed by atoms with Gasteiger partial charge < -0.3 is 15.4 Å². The highest BCUT2D eigenvalue weighted by atomic mass is 127. The molecule has 1 unspecified atom stereocenters. The van der Waals surface area contributed by atoms with Crippen molar-refractivity contribution in [2.45, 2.75) is 24.8 Å². The van der Waals surface area contributed by atoms with Gasteiger partial charge >= 0.3 is 0 Å². The van der Waals surface area contributed by atoms with E-state index in [0.29, 0.717) is 24.0 Å². The maximum absolute atomic E-state index is 12.2. The molecule has 0 amide bonds. The van der Waals surface area contributed by atoms with Crippen LogP contribution in [0.1, 0.15) is 13.8 Å². The number of rotatable bonds is 8. The van der Waals surface area contributed by atoms with Crippen LogP contribution in [0.3, 0.4) is 0 Å². The largest absolute Gasteiger partial charge is 0.383 e. The Hall–Kier alpha value is -0.870. The van der Waals surface area contributed by atoms with E-state index in [2.05, 4.69) is 15.6 Å². The smallest absolute Gasteiger partial charge is 0.191 e. The maximum atomic E-state index is 12.2. The zero-order chi connectivity index (χ0) is 16.4. The molecule has 0 saturated carbocycles. The van der Waals surface area contributed by atoms with Crippen LogP contribution >= 0.6 is 24.0 Å². The van der Waals surface area contributed by atoms with E-state index in [0.717, 1.165) is 0 Å². The predicted molar refractivity (Wildman–Crippen MR) is 104 cm³/mol. The van der Waals surface area contributed by atoms with Gasteiger partial charge in [-0.25, -0.2) is 8.42 Å². The van der Waals surface area contributed by atoms with Crippen LogP contribution in [0, 0.1) is 0 Å². The number of nitrogens with one attached hydrogen (secondary N) is 2. The minimum absolute atomic E-state index is 0. The summed E-state index contributed by atoms with van der Waals surface area (Å²) in [5.74, 6) is 0.571. The van der Waals surface area contributed by atoms with Gasteiger partial charge in [0.25, 0.3) is 0 Å². The number of ether oxygens (including phenoxy) is 1. The van der Waals surface area contributed by atoms with Crippen LogP contribution < -0.4 is 10.6 Å². The summed E-state index contributed by atoms with van der Waals surface area (Å²) in [5, 5.41) is 6.25. The van der Waals surface area contributed by atoms with Gasteiger partial charge in [-0.1, -0.05) is 18.2 Å². The van der Waals surface area contributed by atoms with Gasteiger partial charge in [0.2, 0.25) is 0 Å². The minimum atomic E-state index is -3.30. The zero-order valence-electron chi connectivity index (χ0n) is 13.8. The number of sulfone groups is 1. The number of nitrogens with zero attached hydrogens (tertiary/aromatic N) is 1. The molecule has 1 rings (SSSR count). The zero-order valence-corrected chi connectivity index (χ0v) is 16.9. The standard InChI is InChI=1S/C15H25N3O3S.HI/c1-4-16-15(18-13(2)12-21-3)17-10-11-22(19,20)14-8-6-5-7-9-14;/h5-9,13H,4,10-12H2,1-3H3,(H2,16,17,18);1H.